The minimum Gasteiger partial charge on any atom is -0.357 e. The van der Waals surface area contributed by atoms with Gasteiger partial charge in [0.2, 0.25) is 5.91 Å². The SMILES string of the molecule is C=CCNC(=NCCCC(=O)Nc1ccc(Cl)cc1)NCC.I. The van der Waals surface area contributed by atoms with Gasteiger partial charge in [-0.25, -0.2) is 0 Å². The quantitative estimate of drug-likeness (QED) is 0.187. The molecule has 0 aromatic heterocycles. The van der Waals surface area contributed by atoms with Crippen LogP contribution in [0.15, 0.2) is 41.9 Å². The number of carbonyl (C=O) groups is 1. The van der Waals surface area contributed by atoms with Crippen molar-refractivity contribution in [3.63, 3.8) is 0 Å². The van der Waals surface area contributed by atoms with Crippen LogP contribution in [-0.2, 0) is 4.79 Å². The lowest BCUT2D eigenvalue weighted by Gasteiger charge is -2.09. The molecule has 1 rings (SSSR count). The molecule has 0 heterocycles. The predicted octanol–water partition coefficient (Wildman–Crippen LogP) is 3.42. The van der Waals surface area contributed by atoms with Gasteiger partial charge in [-0.05, 0) is 37.6 Å². The molecule has 0 fully saturated rings. The summed E-state index contributed by atoms with van der Waals surface area (Å²) < 4.78 is 0. The lowest BCUT2D eigenvalue weighted by Crippen LogP contribution is -2.37. The van der Waals surface area contributed by atoms with E-state index in [1.165, 1.54) is 0 Å². The van der Waals surface area contributed by atoms with E-state index >= 15 is 0 Å². The van der Waals surface area contributed by atoms with Crippen LogP contribution in [0.1, 0.15) is 19.8 Å². The zero-order valence-electron chi connectivity index (χ0n) is 13.3. The Balaban J connectivity index is 0.00000484. The first kappa shape index (κ1) is 21.7. The van der Waals surface area contributed by atoms with Crippen LogP contribution in [0.4, 0.5) is 5.69 Å². The molecule has 7 heteroatoms. The monoisotopic (exact) mass is 450 g/mol. The summed E-state index contributed by atoms with van der Waals surface area (Å²) in [5.74, 6) is 0.710. The molecule has 1 aromatic rings. The van der Waals surface area contributed by atoms with Crippen molar-refractivity contribution in [3.8, 4) is 0 Å². The molecule has 5 nitrogen and oxygen atoms in total. The summed E-state index contributed by atoms with van der Waals surface area (Å²) in [7, 11) is 0. The highest BCUT2D eigenvalue weighted by molar-refractivity contribution is 14.0. The number of amides is 1. The highest BCUT2D eigenvalue weighted by atomic mass is 127. The molecule has 128 valence electrons. The molecule has 0 bridgehead atoms. The standard InChI is InChI=1S/C16H23ClN4O.HI/c1-3-11-19-16(18-4-2)20-12-5-6-15(22)21-14-9-7-13(17)8-10-14;/h3,7-10H,1,4-6,11-12H2,2H3,(H,21,22)(H2,18,19,20);1H. The van der Waals surface area contributed by atoms with Gasteiger partial charge in [0.1, 0.15) is 0 Å². The summed E-state index contributed by atoms with van der Waals surface area (Å²) in [4.78, 5) is 16.2. The van der Waals surface area contributed by atoms with Crippen LogP contribution in [-0.4, -0.2) is 31.5 Å². The summed E-state index contributed by atoms with van der Waals surface area (Å²) in [6.07, 6.45) is 2.88. The largest absolute Gasteiger partial charge is 0.357 e. The Morgan fingerprint density at radius 1 is 1.30 bits per heavy atom. The molecule has 0 aliphatic rings. The number of benzene rings is 1. The molecule has 1 aromatic carbocycles. The third-order valence-corrected chi connectivity index (χ3v) is 2.97. The summed E-state index contributed by atoms with van der Waals surface area (Å²) in [5.41, 5.74) is 0.749. The number of aliphatic imine (C=N–C) groups is 1. The van der Waals surface area contributed by atoms with Crippen molar-refractivity contribution in [1.82, 2.24) is 10.6 Å². The molecule has 0 saturated carbocycles. The number of carbonyl (C=O) groups excluding carboxylic acids is 1. The maximum atomic E-state index is 11.8. The van der Waals surface area contributed by atoms with Gasteiger partial charge in [-0.1, -0.05) is 17.7 Å². The van der Waals surface area contributed by atoms with E-state index < -0.39 is 0 Å². The second kappa shape index (κ2) is 13.2. The van der Waals surface area contributed by atoms with Crippen LogP contribution < -0.4 is 16.0 Å². The minimum atomic E-state index is -0.0263. The molecule has 23 heavy (non-hydrogen) atoms. The van der Waals surface area contributed by atoms with Crippen LogP contribution in [0.5, 0.6) is 0 Å². The smallest absolute Gasteiger partial charge is 0.224 e. The van der Waals surface area contributed by atoms with Gasteiger partial charge in [0, 0.05) is 36.8 Å². The molecular weight excluding hydrogens is 427 g/mol. The molecule has 3 N–H and O–H groups in total. The summed E-state index contributed by atoms with van der Waals surface area (Å²) in [6, 6.07) is 7.05. The van der Waals surface area contributed by atoms with Gasteiger partial charge in [-0.15, -0.1) is 30.6 Å². The first-order chi connectivity index (χ1) is 10.7. The first-order valence-corrected chi connectivity index (χ1v) is 7.72. The molecule has 0 saturated heterocycles. The van der Waals surface area contributed by atoms with Gasteiger partial charge in [0.05, 0.1) is 0 Å². The van der Waals surface area contributed by atoms with E-state index in [1.807, 2.05) is 6.92 Å². The predicted molar refractivity (Wildman–Crippen MR) is 109 cm³/mol. The maximum Gasteiger partial charge on any atom is 0.224 e. The van der Waals surface area contributed by atoms with Crippen molar-refractivity contribution in [3.05, 3.63) is 41.9 Å². The molecule has 0 spiro atoms. The average Bonchev–Trinajstić information content (AvgIpc) is 2.51. The highest BCUT2D eigenvalue weighted by Crippen LogP contribution is 2.13. The van der Waals surface area contributed by atoms with E-state index in [4.69, 9.17) is 11.6 Å². The van der Waals surface area contributed by atoms with Crippen molar-refractivity contribution in [2.75, 3.05) is 25.0 Å². The zero-order valence-corrected chi connectivity index (χ0v) is 16.4. The fraction of sp³-hybridized carbons (Fsp3) is 0.375. The van der Waals surface area contributed by atoms with Gasteiger partial charge >= 0.3 is 0 Å². The number of halogens is 2. The Bertz CT molecular complexity index is 505. The van der Waals surface area contributed by atoms with E-state index in [-0.39, 0.29) is 29.9 Å². The topological polar surface area (TPSA) is 65.5 Å². The fourth-order valence-corrected chi connectivity index (χ4v) is 1.82. The highest BCUT2D eigenvalue weighted by Gasteiger charge is 2.02. The fourth-order valence-electron chi connectivity index (χ4n) is 1.70. The Hall–Kier alpha value is -1.28. The van der Waals surface area contributed by atoms with Gasteiger partial charge in [-0.3, -0.25) is 9.79 Å². The number of rotatable bonds is 8. The second-order valence-corrected chi connectivity index (χ2v) is 5.03. The van der Waals surface area contributed by atoms with Gasteiger partial charge in [0.25, 0.3) is 0 Å². The second-order valence-electron chi connectivity index (χ2n) is 4.59. The van der Waals surface area contributed by atoms with E-state index in [2.05, 4.69) is 27.5 Å². The van der Waals surface area contributed by atoms with Gasteiger partial charge in [-0.2, -0.15) is 0 Å². The van der Waals surface area contributed by atoms with Gasteiger partial charge in [0.15, 0.2) is 5.96 Å². The van der Waals surface area contributed by atoms with Crippen molar-refractivity contribution in [2.45, 2.75) is 19.8 Å². The minimum absolute atomic E-state index is 0. The van der Waals surface area contributed by atoms with Crippen LogP contribution in [0.2, 0.25) is 5.02 Å². The number of nitrogens with one attached hydrogen (secondary N) is 3. The number of anilines is 1. The molecular formula is C16H24ClIN4O. The summed E-state index contributed by atoms with van der Waals surface area (Å²) in [6.45, 7) is 7.69. The molecule has 0 unspecified atom stereocenters. The van der Waals surface area contributed by atoms with Crippen LogP contribution in [0.25, 0.3) is 0 Å². The number of hydrogen-bond acceptors (Lipinski definition) is 2. The van der Waals surface area contributed by atoms with E-state index in [1.54, 1.807) is 30.3 Å². The summed E-state index contributed by atoms with van der Waals surface area (Å²) >= 11 is 5.80. The zero-order chi connectivity index (χ0) is 16.2. The first-order valence-electron chi connectivity index (χ1n) is 7.34. The lowest BCUT2D eigenvalue weighted by atomic mass is 10.2. The van der Waals surface area contributed by atoms with Crippen molar-refractivity contribution >= 4 is 53.1 Å². The van der Waals surface area contributed by atoms with Crippen LogP contribution >= 0.6 is 35.6 Å². The van der Waals surface area contributed by atoms with Crippen molar-refractivity contribution in [2.24, 2.45) is 4.99 Å². The van der Waals surface area contributed by atoms with Crippen molar-refractivity contribution < 1.29 is 4.79 Å². The third-order valence-electron chi connectivity index (χ3n) is 2.72. The van der Waals surface area contributed by atoms with Crippen molar-refractivity contribution in [1.29, 1.82) is 0 Å². The Kier molecular flexibility index (Phi) is 12.5. The number of nitrogens with zero attached hydrogens (tertiary/aromatic N) is 1. The normalized spacial score (nSPS) is 10.4. The average molecular weight is 451 g/mol. The number of guanidine groups is 1. The van der Waals surface area contributed by atoms with Gasteiger partial charge < -0.3 is 16.0 Å². The third kappa shape index (κ3) is 10.2. The van der Waals surface area contributed by atoms with E-state index in [0.29, 0.717) is 31.0 Å². The van der Waals surface area contributed by atoms with E-state index in [9.17, 15) is 4.79 Å². The molecule has 0 radical (unpaired) electrons. The lowest BCUT2D eigenvalue weighted by molar-refractivity contribution is -0.116. The maximum absolute atomic E-state index is 11.8. The van der Waals surface area contributed by atoms with Crippen LogP contribution in [0.3, 0.4) is 0 Å². The number of hydrogen-bond donors (Lipinski definition) is 3. The summed E-state index contributed by atoms with van der Waals surface area (Å²) in [5, 5.41) is 9.71. The molecule has 1 amide bonds. The van der Waals surface area contributed by atoms with Crippen LogP contribution in [0, 0.1) is 0 Å². The molecule has 0 aliphatic carbocycles. The molecule has 0 aliphatic heterocycles. The Morgan fingerprint density at radius 2 is 2.00 bits per heavy atom. The molecule has 0 atom stereocenters. The Morgan fingerprint density at radius 3 is 2.61 bits per heavy atom. The Labute approximate surface area is 160 Å². The van der Waals surface area contributed by atoms with E-state index in [0.717, 1.165) is 18.2 Å².